The van der Waals surface area contributed by atoms with Crippen molar-refractivity contribution in [2.75, 3.05) is 12.4 Å². The van der Waals surface area contributed by atoms with Gasteiger partial charge in [0.15, 0.2) is 0 Å². The van der Waals surface area contributed by atoms with E-state index in [0.717, 1.165) is 23.6 Å². The zero-order valence-corrected chi connectivity index (χ0v) is 11.2. The molecule has 1 aromatic carbocycles. The summed E-state index contributed by atoms with van der Waals surface area (Å²) in [5.74, 6) is 1.79. The molecule has 1 heterocycles. The van der Waals surface area contributed by atoms with Gasteiger partial charge in [0, 0.05) is 24.7 Å². The van der Waals surface area contributed by atoms with Crippen molar-refractivity contribution in [3.63, 3.8) is 0 Å². The Balaban J connectivity index is 2.01. The number of amides is 1. The lowest BCUT2D eigenvalue weighted by Crippen LogP contribution is -2.17. The molecule has 0 aliphatic rings. The summed E-state index contributed by atoms with van der Waals surface area (Å²) in [5.41, 5.74) is 1.54. The molecule has 0 radical (unpaired) electrons. The number of hydrogen-bond donors (Lipinski definition) is 2. The van der Waals surface area contributed by atoms with Crippen molar-refractivity contribution in [2.24, 2.45) is 0 Å². The Morgan fingerprint density at radius 2 is 2.00 bits per heavy atom. The third kappa shape index (κ3) is 3.37. The van der Waals surface area contributed by atoms with Crippen LogP contribution in [0.25, 0.3) is 0 Å². The number of benzene rings is 1. The highest BCUT2D eigenvalue weighted by Gasteiger charge is 2.04. The number of furan rings is 1. The molecule has 0 fully saturated rings. The summed E-state index contributed by atoms with van der Waals surface area (Å²) in [7, 11) is 1.62. The van der Waals surface area contributed by atoms with E-state index in [0.29, 0.717) is 12.1 Å². The molecule has 0 spiro atoms. The van der Waals surface area contributed by atoms with Crippen LogP contribution in [0.5, 0.6) is 0 Å². The number of aryl methyl sites for hydroxylation is 1. The van der Waals surface area contributed by atoms with Crippen LogP contribution in [-0.2, 0) is 13.0 Å². The van der Waals surface area contributed by atoms with Crippen molar-refractivity contribution >= 4 is 11.6 Å². The van der Waals surface area contributed by atoms with Crippen LogP contribution in [0.3, 0.4) is 0 Å². The van der Waals surface area contributed by atoms with E-state index in [9.17, 15) is 4.79 Å². The molecular formula is C15H18N2O2. The number of rotatable bonds is 5. The van der Waals surface area contributed by atoms with Gasteiger partial charge in [0.05, 0.1) is 6.54 Å². The third-order valence-electron chi connectivity index (χ3n) is 2.88. The predicted molar refractivity (Wildman–Crippen MR) is 75.2 cm³/mol. The SMILES string of the molecule is CCc1ccc(CNc2cccc(C(=O)NC)c2)o1. The number of carbonyl (C=O) groups excluding carboxylic acids is 1. The van der Waals surface area contributed by atoms with Crippen LogP contribution in [-0.4, -0.2) is 13.0 Å². The Kier molecular flexibility index (Phi) is 4.23. The van der Waals surface area contributed by atoms with Crippen molar-refractivity contribution in [2.45, 2.75) is 19.9 Å². The van der Waals surface area contributed by atoms with E-state index in [1.165, 1.54) is 0 Å². The van der Waals surface area contributed by atoms with E-state index in [-0.39, 0.29) is 5.91 Å². The number of anilines is 1. The van der Waals surface area contributed by atoms with Gasteiger partial charge in [-0.3, -0.25) is 4.79 Å². The fourth-order valence-corrected chi connectivity index (χ4v) is 1.81. The Bertz CT molecular complexity index is 561. The molecule has 2 N–H and O–H groups in total. The second kappa shape index (κ2) is 6.09. The van der Waals surface area contributed by atoms with Gasteiger partial charge in [-0.15, -0.1) is 0 Å². The smallest absolute Gasteiger partial charge is 0.251 e. The monoisotopic (exact) mass is 258 g/mol. The zero-order chi connectivity index (χ0) is 13.7. The average Bonchev–Trinajstić information content (AvgIpc) is 2.92. The molecule has 100 valence electrons. The molecule has 1 aromatic heterocycles. The first kappa shape index (κ1) is 13.2. The molecule has 4 nitrogen and oxygen atoms in total. The van der Waals surface area contributed by atoms with E-state index >= 15 is 0 Å². The molecule has 0 aliphatic carbocycles. The highest BCUT2D eigenvalue weighted by Crippen LogP contribution is 2.14. The fraction of sp³-hybridized carbons (Fsp3) is 0.267. The lowest BCUT2D eigenvalue weighted by molar-refractivity contribution is 0.0963. The minimum Gasteiger partial charge on any atom is -0.464 e. The van der Waals surface area contributed by atoms with E-state index in [1.54, 1.807) is 13.1 Å². The summed E-state index contributed by atoms with van der Waals surface area (Å²) in [4.78, 5) is 11.5. The molecule has 0 atom stereocenters. The summed E-state index contributed by atoms with van der Waals surface area (Å²) >= 11 is 0. The van der Waals surface area contributed by atoms with Gasteiger partial charge in [0.2, 0.25) is 0 Å². The largest absolute Gasteiger partial charge is 0.464 e. The van der Waals surface area contributed by atoms with Crippen LogP contribution in [0, 0.1) is 0 Å². The van der Waals surface area contributed by atoms with Crippen molar-refractivity contribution in [1.29, 1.82) is 0 Å². The molecule has 0 aliphatic heterocycles. The van der Waals surface area contributed by atoms with E-state index in [1.807, 2.05) is 30.3 Å². The standard InChI is InChI=1S/C15H18N2O2/c1-3-13-7-8-14(19-13)10-17-12-6-4-5-11(9-12)15(18)16-2/h4-9,17H,3,10H2,1-2H3,(H,16,18). The van der Waals surface area contributed by atoms with Crippen molar-refractivity contribution < 1.29 is 9.21 Å². The lowest BCUT2D eigenvalue weighted by Gasteiger charge is -2.06. The lowest BCUT2D eigenvalue weighted by atomic mass is 10.2. The normalized spacial score (nSPS) is 10.2. The third-order valence-corrected chi connectivity index (χ3v) is 2.88. The van der Waals surface area contributed by atoms with Crippen molar-refractivity contribution in [3.8, 4) is 0 Å². The van der Waals surface area contributed by atoms with Crippen molar-refractivity contribution in [1.82, 2.24) is 5.32 Å². The van der Waals surface area contributed by atoms with Gasteiger partial charge in [0.25, 0.3) is 5.91 Å². The maximum Gasteiger partial charge on any atom is 0.251 e. The molecule has 1 amide bonds. The molecule has 0 saturated heterocycles. The zero-order valence-electron chi connectivity index (χ0n) is 11.2. The first-order valence-corrected chi connectivity index (χ1v) is 6.36. The number of carbonyl (C=O) groups is 1. The Morgan fingerprint density at radius 3 is 2.68 bits per heavy atom. The molecule has 2 rings (SSSR count). The fourth-order valence-electron chi connectivity index (χ4n) is 1.81. The van der Waals surface area contributed by atoms with E-state index < -0.39 is 0 Å². The Morgan fingerprint density at radius 1 is 1.21 bits per heavy atom. The average molecular weight is 258 g/mol. The molecule has 4 heteroatoms. The summed E-state index contributed by atoms with van der Waals surface area (Å²) in [6.07, 6.45) is 0.895. The molecule has 0 saturated carbocycles. The Hall–Kier alpha value is -2.23. The molecule has 0 unspecified atom stereocenters. The first-order chi connectivity index (χ1) is 9.22. The van der Waals surface area contributed by atoms with Crippen LogP contribution in [0.4, 0.5) is 5.69 Å². The topological polar surface area (TPSA) is 54.3 Å². The summed E-state index contributed by atoms with van der Waals surface area (Å²) in [6, 6.07) is 11.3. The van der Waals surface area contributed by atoms with Crippen LogP contribution >= 0.6 is 0 Å². The minimum absolute atomic E-state index is 0.0880. The summed E-state index contributed by atoms with van der Waals surface area (Å²) in [5, 5.41) is 5.85. The number of hydrogen-bond acceptors (Lipinski definition) is 3. The highest BCUT2D eigenvalue weighted by atomic mass is 16.3. The van der Waals surface area contributed by atoms with Crippen LogP contribution < -0.4 is 10.6 Å². The highest BCUT2D eigenvalue weighted by molar-refractivity contribution is 5.94. The predicted octanol–water partition coefficient (Wildman–Crippen LogP) is 2.81. The second-order valence-corrected chi connectivity index (χ2v) is 4.24. The van der Waals surface area contributed by atoms with Crippen LogP contribution in [0.15, 0.2) is 40.8 Å². The quantitative estimate of drug-likeness (QED) is 0.867. The van der Waals surface area contributed by atoms with Gasteiger partial charge in [-0.25, -0.2) is 0 Å². The maximum absolute atomic E-state index is 11.5. The van der Waals surface area contributed by atoms with Crippen LogP contribution in [0.2, 0.25) is 0 Å². The van der Waals surface area contributed by atoms with E-state index in [4.69, 9.17) is 4.42 Å². The molecular weight excluding hydrogens is 240 g/mol. The van der Waals surface area contributed by atoms with Crippen LogP contribution in [0.1, 0.15) is 28.8 Å². The minimum atomic E-state index is -0.0880. The maximum atomic E-state index is 11.5. The second-order valence-electron chi connectivity index (χ2n) is 4.24. The molecule has 2 aromatic rings. The van der Waals surface area contributed by atoms with Gasteiger partial charge in [0.1, 0.15) is 11.5 Å². The molecule has 0 bridgehead atoms. The number of nitrogens with one attached hydrogen (secondary N) is 2. The van der Waals surface area contributed by atoms with Gasteiger partial charge >= 0.3 is 0 Å². The van der Waals surface area contributed by atoms with Crippen molar-refractivity contribution in [3.05, 3.63) is 53.5 Å². The Labute approximate surface area is 112 Å². The first-order valence-electron chi connectivity index (χ1n) is 6.36. The van der Waals surface area contributed by atoms with Gasteiger partial charge < -0.3 is 15.1 Å². The summed E-state index contributed by atoms with van der Waals surface area (Å²) in [6.45, 7) is 2.67. The summed E-state index contributed by atoms with van der Waals surface area (Å²) < 4.78 is 5.61. The van der Waals surface area contributed by atoms with Gasteiger partial charge in [-0.1, -0.05) is 13.0 Å². The van der Waals surface area contributed by atoms with Gasteiger partial charge in [-0.05, 0) is 30.3 Å². The van der Waals surface area contributed by atoms with Gasteiger partial charge in [-0.2, -0.15) is 0 Å². The van der Waals surface area contributed by atoms with E-state index in [2.05, 4.69) is 17.6 Å². The molecule has 19 heavy (non-hydrogen) atoms.